The lowest BCUT2D eigenvalue weighted by molar-refractivity contribution is -0.123. The van der Waals surface area contributed by atoms with E-state index in [1.54, 1.807) is 37.4 Å². The quantitative estimate of drug-likeness (QED) is 0.342. The molecule has 3 N–H and O–H groups in total. The van der Waals surface area contributed by atoms with Crippen LogP contribution in [0.25, 0.3) is 0 Å². The molecule has 2 aromatic carbocycles. The van der Waals surface area contributed by atoms with Crippen molar-refractivity contribution in [2.45, 2.75) is 6.92 Å². The van der Waals surface area contributed by atoms with E-state index in [1.165, 1.54) is 0 Å². The minimum absolute atomic E-state index is 0.0639. The number of thiocarbonyl (C=S) groups is 1. The van der Waals surface area contributed by atoms with Crippen molar-refractivity contribution in [3.05, 3.63) is 59.7 Å². The lowest BCUT2D eigenvalue weighted by atomic mass is 10.2. The van der Waals surface area contributed by atoms with Gasteiger partial charge in [0.1, 0.15) is 18.1 Å². The molecule has 0 fully saturated rings. The molecule has 29 heavy (non-hydrogen) atoms. The van der Waals surface area contributed by atoms with Gasteiger partial charge in [-0.1, -0.05) is 30.3 Å². The first-order valence-electron chi connectivity index (χ1n) is 8.80. The second kappa shape index (κ2) is 11.6. The number of rotatable bonds is 8. The van der Waals surface area contributed by atoms with E-state index >= 15 is 0 Å². The topological polar surface area (TPSA) is 97.9 Å². The summed E-state index contributed by atoms with van der Waals surface area (Å²) in [4.78, 5) is 24.3. The van der Waals surface area contributed by atoms with Gasteiger partial charge in [0.2, 0.25) is 0 Å². The number of nitrogens with one attached hydrogen (secondary N) is 3. The molecule has 2 amide bonds. The Kier molecular flexibility index (Phi) is 8.87. The Hall–Kier alpha value is -3.17. The molecular weight excluding hydrogens is 394 g/mol. The summed E-state index contributed by atoms with van der Waals surface area (Å²) < 4.78 is 15.9. The minimum Gasteiger partial charge on any atom is -0.490 e. The van der Waals surface area contributed by atoms with Crippen molar-refractivity contribution in [3.63, 3.8) is 0 Å². The Morgan fingerprint density at radius 1 is 0.931 bits per heavy atom. The molecule has 0 aliphatic heterocycles. The molecule has 0 saturated heterocycles. The molecule has 9 heteroatoms. The van der Waals surface area contributed by atoms with Crippen molar-refractivity contribution < 1.29 is 23.8 Å². The SMILES string of the molecule is COCCOc1ccccc1C(=O)NC(=S)NNC(=O)COc1ccccc1C. The molecule has 0 heterocycles. The summed E-state index contributed by atoms with van der Waals surface area (Å²) in [5, 5.41) is 2.42. The second-order valence-electron chi connectivity index (χ2n) is 5.85. The van der Waals surface area contributed by atoms with Crippen molar-refractivity contribution in [2.75, 3.05) is 26.9 Å². The number of methoxy groups -OCH3 is 1. The van der Waals surface area contributed by atoms with E-state index in [4.69, 9.17) is 26.4 Å². The zero-order valence-electron chi connectivity index (χ0n) is 16.2. The zero-order chi connectivity index (χ0) is 21.1. The fourth-order valence-electron chi connectivity index (χ4n) is 2.24. The number of para-hydroxylation sites is 2. The van der Waals surface area contributed by atoms with Gasteiger partial charge < -0.3 is 14.2 Å². The third-order valence-electron chi connectivity index (χ3n) is 3.67. The van der Waals surface area contributed by atoms with Crippen LogP contribution in [0.5, 0.6) is 11.5 Å². The predicted octanol–water partition coefficient (Wildman–Crippen LogP) is 1.73. The molecule has 0 aliphatic carbocycles. The van der Waals surface area contributed by atoms with Gasteiger partial charge in [-0.25, -0.2) is 0 Å². The van der Waals surface area contributed by atoms with Crippen molar-refractivity contribution >= 4 is 29.1 Å². The molecule has 2 rings (SSSR count). The van der Waals surface area contributed by atoms with Crippen molar-refractivity contribution in [1.82, 2.24) is 16.2 Å². The lowest BCUT2D eigenvalue weighted by Crippen LogP contribution is -2.49. The van der Waals surface area contributed by atoms with Crippen LogP contribution < -0.4 is 25.6 Å². The van der Waals surface area contributed by atoms with Crippen molar-refractivity contribution in [1.29, 1.82) is 0 Å². The summed E-state index contributed by atoms with van der Waals surface area (Å²) in [6.07, 6.45) is 0. The minimum atomic E-state index is -0.471. The lowest BCUT2D eigenvalue weighted by Gasteiger charge is -2.14. The normalized spacial score (nSPS) is 10.0. The third kappa shape index (κ3) is 7.40. The molecule has 154 valence electrons. The Morgan fingerprint density at radius 3 is 2.34 bits per heavy atom. The third-order valence-corrected chi connectivity index (χ3v) is 3.88. The Labute approximate surface area is 174 Å². The zero-order valence-corrected chi connectivity index (χ0v) is 17.0. The Balaban J connectivity index is 1.79. The smallest absolute Gasteiger partial charge is 0.276 e. The average Bonchev–Trinajstić information content (AvgIpc) is 2.72. The molecule has 0 aromatic heterocycles. The fourth-order valence-corrected chi connectivity index (χ4v) is 2.38. The van der Waals surface area contributed by atoms with Crippen LogP contribution in [0, 0.1) is 6.92 Å². The highest BCUT2D eigenvalue weighted by atomic mass is 32.1. The maximum absolute atomic E-state index is 12.4. The first-order chi connectivity index (χ1) is 14.0. The molecule has 0 unspecified atom stereocenters. The van der Waals surface area contributed by atoms with Gasteiger partial charge in [-0.3, -0.25) is 25.8 Å². The first-order valence-corrected chi connectivity index (χ1v) is 9.21. The summed E-state index contributed by atoms with van der Waals surface area (Å²) in [6, 6.07) is 14.1. The Bertz CT molecular complexity index is 860. The van der Waals surface area contributed by atoms with E-state index in [9.17, 15) is 9.59 Å². The standard InChI is InChI=1S/C20H23N3O5S/c1-14-7-3-5-9-16(14)28-13-18(24)22-23-20(29)21-19(25)15-8-4-6-10-17(15)27-12-11-26-2/h3-10H,11-13H2,1-2H3,(H,22,24)(H2,21,23,25,29). The molecule has 8 nitrogen and oxygen atoms in total. The van der Waals surface area contributed by atoms with Crippen LogP contribution in [0.3, 0.4) is 0 Å². The van der Waals surface area contributed by atoms with E-state index in [-0.39, 0.29) is 11.7 Å². The van der Waals surface area contributed by atoms with Gasteiger partial charge >= 0.3 is 0 Å². The largest absolute Gasteiger partial charge is 0.490 e. The molecular formula is C20H23N3O5S. The van der Waals surface area contributed by atoms with Crippen molar-refractivity contribution in [3.8, 4) is 11.5 Å². The summed E-state index contributed by atoms with van der Waals surface area (Å²) in [5.74, 6) is 0.0956. The molecule has 0 aliphatic rings. The number of hydrogen-bond donors (Lipinski definition) is 3. The summed E-state index contributed by atoms with van der Waals surface area (Å²) in [6.45, 7) is 2.38. The average molecular weight is 417 g/mol. The number of hydrogen-bond acceptors (Lipinski definition) is 6. The van der Waals surface area contributed by atoms with Gasteiger partial charge in [0.15, 0.2) is 11.7 Å². The maximum Gasteiger partial charge on any atom is 0.276 e. The van der Waals surface area contributed by atoms with Gasteiger partial charge in [0.05, 0.1) is 12.2 Å². The summed E-state index contributed by atoms with van der Waals surface area (Å²) in [7, 11) is 1.56. The highest BCUT2D eigenvalue weighted by Gasteiger charge is 2.14. The van der Waals surface area contributed by atoms with Gasteiger partial charge in [0.25, 0.3) is 11.8 Å². The number of aryl methyl sites for hydroxylation is 1. The fraction of sp³-hybridized carbons (Fsp3) is 0.250. The van der Waals surface area contributed by atoms with E-state index in [2.05, 4.69) is 16.2 Å². The van der Waals surface area contributed by atoms with Crippen LogP contribution >= 0.6 is 12.2 Å². The van der Waals surface area contributed by atoms with Crippen LogP contribution in [-0.4, -0.2) is 43.9 Å². The molecule has 0 saturated carbocycles. The highest BCUT2D eigenvalue weighted by molar-refractivity contribution is 7.80. The second-order valence-corrected chi connectivity index (χ2v) is 6.26. The van der Waals surface area contributed by atoms with Crippen LogP contribution in [0.4, 0.5) is 0 Å². The van der Waals surface area contributed by atoms with Gasteiger partial charge in [-0.15, -0.1) is 0 Å². The predicted molar refractivity (Wildman–Crippen MR) is 112 cm³/mol. The van der Waals surface area contributed by atoms with Crippen LogP contribution in [-0.2, 0) is 9.53 Å². The molecule has 0 bridgehead atoms. The molecule has 0 atom stereocenters. The van der Waals surface area contributed by atoms with Crippen LogP contribution in [0.2, 0.25) is 0 Å². The number of hydrazine groups is 1. The maximum atomic E-state index is 12.4. The number of ether oxygens (including phenoxy) is 3. The number of carbonyl (C=O) groups is 2. The molecule has 0 spiro atoms. The highest BCUT2D eigenvalue weighted by Crippen LogP contribution is 2.18. The molecule has 0 radical (unpaired) electrons. The summed E-state index contributed by atoms with van der Waals surface area (Å²) >= 11 is 5.04. The van der Waals surface area contributed by atoms with E-state index in [1.807, 2.05) is 25.1 Å². The number of carbonyl (C=O) groups excluding carboxylic acids is 2. The van der Waals surface area contributed by atoms with Gasteiger partial charge in [-0.2, -0.15) is 0 Å². The first kappa shape index (κ1) is 22.1. The Morgan fingerprint density at radius 2 is 1.62 bits per heavy atom. The number of benzene rings is 2. The van der Waals surface area contributed by atoms with Crippen LogP contribution in [0.1, 0.15) is 15.9 Å². The van der Waals surface area contributed by atoms with Crippen LogP contribution in [0.15, 0.2) is 48.5 Å². The van der Waals surface area contributed by atoms with Gasteiger partial charge in [-0.05, 0) is 42.9 Å². The van der Waals surface area contributed by atoms with E-state index < -0.39 is 11.8 Å². The molecule has 2 aromatic rings. The van der Waals surface area contributed by atoms with E-state index in [0.717, 1.165) is 5.56 Å². The van der Waals surface area contributed by atoms with Crippen molar-refractivity contribution in [2.24, 2.45) is 0 Å². The number of amides is 2. The summed E-state index contributed by atoms with van der Waals surface area (Å²) in [5.41, 5.74) is 6.06. The van der Waals surface area contributed by atoms with E-state index in [0.29, 0.717) is 30.3 Å². The monoisotopic (exact) mass is 417 g/mol. The van der Waals surface area contributed by atoms with Gasteiger partial charge in [0, 0.05) is 7.11 Å².